The Labute approximate surface area is 143 Å². The molecule has 1 aliphatic rings. The molecule has 132 valence electrons. The molecule has 3 N–H and O–H groups in total. The number of non-ortho nitro benzene ring substituents is 1. The third-order valence-electron chi connectivity index (χ3n) is 4.93. The molecule has 25 heavy (non-hydrogen) atoms. The van der Waals surface area contributed by atoms with Crippen molar-refractivity contribution in [3.8, 4) is 0 Å². The molecule has 0 radical (unpaired) electrons. The van der Waals surface area contributed by atoms with E-state index >= 15 is 0 Å². The van der Waals surface area contributed by atoms with Gasteiger partial charge in [0.15, 0.2) is 0 Å². The number of nitrogens with one attached hydrogen (secondary N) is 2. The zero-order valence-corrected chi connectivity index (χ0v) is 13.6. The minimum atomic E-state index is -0.925. The summed E-state index contributed by atoms with van der Waals surface area (Å²) in [5, 5.41) is 23.9. The van der Waals surface area contributed by atoms with Gasteiger partial charge in [-0.25, -0.2) is 0 Å². The quantitative estimate of drug-likeness (QED) is 0.567. The maximum Gasteiger partial charge on any atom is 0.311 e. The monoisotopic (exact) mass is 345 g/mol. The molecule has 0 bridgehead atoms. The second-order valence-corrected chi connectivity index (χ2v) is 6.51. The molecule has 0 atom stereocenters. The number of rotatable bonds is 5. The first kappa shape index (κ1) is 16.9. The minimum absolute atomic E-state index is 0.0542. The Balaban J connectivity index is 1.79. The third-order valence-corrected chi connectivity index (χ3v) is 4.93. The number of aliphatic carboxylic acids is 1. The Kier molecular flexibility index (Phi) is 4.43. The summed E-state index contributed by atoms with van der Waals surface area (Å²) in [4.78, 5) is 37.4. The highest BCUT2D eigenvalue weighted by atomic mass is 16.6. The molecular weight excluding hydrogens is 326 g/mol. The van der Waals surface area contributed by atoms with Gasteiger partial charge in [0.1, 0.15) is 11.2 Å². The Hall–Kier alpha value is -2.90. The van der Waals surface area contributed by atoms with Gasteiger partial charge in [-0.05, 0) is 18.9 Å². The first-order chi connectivity index (χ1) is 11.9. The smallest absolute Gasteiger partial charge is 0.311 e. The summed E-state index contributed by atoms with van der Waals surface area (Å²) in [6.45, 7) is 0.0542. The zero-order chi connectivity index (χ0) is 18.0. The fraction of sp³-hybridized carbons (Fsp3) is 0.412. The zero-order valence-electron chi connectivity index (χ0n) is 13.6. The summed E-state index contributed by atoms with van der Waals surface area (Å²) in [6.07, 6.45) is 3.76. The Morgan fingerprint density at radius 1 is 1.28 bits per heavy atom. The summed E-state index contributed by atoms with van der Waals surface area (Å²) >= 11 is 0. The van der Waals surface area contributed by atoms with E-state index in [4.69, 9.17) is 0 Å². The molecule has 8 nitrogen and oxygen atoms in total. The van der Waals surface area contributed by atoms with Crippen LogP contribution in [0.5, 0.6) is 0 Å². The van der Waals surface area contributed by atoms with Crippen LogP contribution < -0.4 is 5.32 Å². The van der Waals surface area contributed by atoms with Gasteiger partial charge in [-0.1, -0.05) is 31.4 Å². The van der Waals surface area contributed by atoms with Gasteiger partial charge in [-0.2, -0.15) is 0 Å². The number of hydrogen-bond donors (Lipinski definition) is 3. The molecule has 0 saturated heterocycles. The number of H-pyrrole nitrogens is 1. The van der Waals surface area contributed by atoms with Crippen LogP contribution in [0.2, 0.25) is 0 Å². The van der Waals surface area contributed by atoms with Crippen LogP contribution in [0.1, 0.15) is 42.6 Å². The van der Waals surface area contributed by atoms with E-state index in [1.54, 1.807) is 12.1 Å². The number of carboxylic acids is 1. The number of carbonyl (C=O) groups excluding carboxylic acids is 1. The predicted octanol–water partition coefficient (Wildman–Crippen LogP) is 2.84. The average molecular weight is 345 g/mol. The van der Waals surface area contributed by atoms with Gasteiger partial charge in [-0.3, -0.25) is 19.7 Å². The van der Waals surface area contributed by atoms with E-state index in [0.29, 0.717) is 18.2 Å². The first-order valence-corrected chi connectivity index (χ1v) is 8.21. The third kappa shape index (κ3) is 3.19. The van der Waals surface area contributed by atoms with Crippen LogP contribution in [0.4, 0.5) is 5.69 Å². The number of nitro benzene ring substituents is 1. The van der Waals surface area contributed by atoms with E-state index in [2.05, 4.69) is 10.3 Å². The number of benzene rings is 1. The molecular formula is C17H19N3O5. The van der Waals surface area contributed by atoms with E-state index in [1.165, 1.54) is 12.1 Å². The lowest BCUT2D eigenvalue weighted by Crippen LogP contribution is -2.44. The molecule has 1 heterocycles. The normalized spacial score (nSPS) is 16.5. The Morgan fingerprint density at radius 2 is 2.00 bits per heavy atom. The fourth-order valence-electron chi connectivity index (χ4n) is 3.45. The van der Waals surface area contributed by atoms with Crippen molar-refractivity contribution in [2.75, 3.05) is 6.54 Å². The fourth-order valence-corrected chi connectivity index (χ4v) is 3.45. The highest BCUT2D eigenvalue weighted by molar-refractivity contribution is 6.00. The van der Waals surface area contributed by atoms with Crippen LogP contribution in [-0.4, -0.2) is 33.4 Å². The molecule has 1 fully saturated rings. The number of nitro groups is 1. The first-order valence-electron chi connectivity index (χ1n) is 8.21. The molecule has 0 spiro atoms. The van der Waals surface area contributed by atoms with E-state index < -0.39 is 22.2 Å². The van der Waals surface area contributed by atoms with Crippen LogP contribution >= 0.6 is 0 Å². The van der Waals surface area contributed by atoms with Gasteiger partial charge in [0.05, 0.1) is 10.3 Å². The number of para-hydroxylation sites is 1. The van der Waals surface area contributed by atoms with Crippen LogP contribution in [0.25, 0.3) is 10.9 Å². The maximum atomic E-state index is 12.4. The molecule has 0 unspecified atom stereocenters. The highest BCUT2D eigenvalue weighted by Crippen LogP contribution is 2.36. The van der Waals surface area contributed by atoms with Crippen LogP contribution in [-0.2, 0) is 4.79 Å². The lowest BCUT2D eigenvalue weighted by Gasteiger charge is -2.33. The number of fused-ring (bicyclic) bond motifs is 1. The van der Waals surface area contributed by atoms with Gasteiger partial charge in [0.2, 0.25) is 0 Å². The summed E-state index contributed by atoms with van der Waals surface area (Å²) in [5.74, 6) is -1.35. The molecule has 8 heteroatoms. The number of aromatic nitrogens is 1. The van der Waals surface area contributed by atoms with Crippen molar-refractivity contribution in [3.63, 3.8) is 0 Å². The highest BCUT2D eigenvalue weighted by Gasteiger charge is 2.39. The largest absolute Gasteiger partial charge is 0.481 e. The maximum absolute atomic E-state index is 12.4. The van der Waals surface area contributed by atoms with Gasteiger partial charge in [0, 0.05) is 18.0 Å². The van der Waals surface area contributed by atoms with Crippen LogP contribution in [0.3, 0.4) is 0 Å². The van der Waals surface area contributed by atoms with Gasteiger partial charge in [0.25, 0.3) is 11.6 Å². The van der Waals surface area contributed by atoms with Gasteiger partial charge < -0.3 is 15.4 Å². The molecule has 1 aromatic carbocycles. The summed E-state index contributed by atoms with van der Waals surface area (Å²) in [6, 6.07) is 6.13. The number of carbonyl (C=O) groups is 2. The number of carboxylic acid groups (broad SMARTS) is 1. The SMILES string of the molecule is O=C(NCC1(C(=O)O)CCCCC1)c1cc2cccc([N+](=O)[O-])c2[nH]1. The van der Waals surface area contributed by atoms with Crippen LogP contribution in [0, 0.1) is 15.5 Å². The topological polar surface area (TPSA) is 125 Å². The van der Waals surface area contributed by atoms with Crippen molar-refractivity contribution < 1.29 is 19.6 Å². The van der Waals surface area contributed by atoms with E-state index in [-0.39, 0.29) is 23.4 Å². The Bertz CT molecular complexity index is 836. The summed E-state index contributed by atoms with van der Waals surface area (Å²) in [7, 11) is 0. The lowest BCUT2D eigenvalue weighted by molar-refractivity contribution is -0.383. The molecule has 1 aliphatic carbocycles. The molecule has 3 rings (SSSR count). The summed E-state index contributed by atoms with van der Waals surface area (Å²) in [5.41, 5.74) is -0.568. The Morgan fingerprint density at radius 3 is 2.64 bits per heavy atom. The van der Waals surface area contributed by atoms with E-state index in [1.807, 2.05) is 0 Å². The second kappa shape index (κ2) is 6.54. The molecule has 1 amide bonds. The number of nitrogens with zero attached hydrogens (tertiary/aromatic N) is 1. The average Bonchev–Trinajstić information content (AvgIpc) is 3.04. The predicted molar refractivity (Wildman–Crippen MR) is 90.4 cm³/mol. The van der Waals surface area contributed by atoms with Crippen molar-refractivity contribution in [2.24, 2.45) is 5.41 Å². The van der Waals surface area contributed by atoms with Gasteiger partial charge >= 0.3 is 5.97 Å². The van der Waals surface area contributed by atoms with Crippen molar-refractivity contribution in [2.45, 2.75) is 32.1 Å². The standard InChI is InChI=1S/C17H19N3O5/c21-15(18-10-17(16(22)23)7-2-1-3-8-17)12-9-11-5-4-6-13(20(24)25)14(11)19-12/h4-6,9,19H,1-3,7-8,10H2,(H,18,21)(H,22,23). The lowest BCUT2D eigenvalue weighted by atomic mass is 9.74. The van der Waals surface area contributed by atoms with Gasteiger partial charge in [-0.15, -0.1) is 0 Å². The number of aromatic amines is 1. The van der Waals surface area contributed by atoms with E-state index in [9.17, 15) is 24.8 Å². The molecule has 0 aliphatic heterocycles. The molecule has 1 saturated carbocycles. The number of amides is 1. The number of hydrogen-bond acceptors (Lipinski definition) is 4. The van der Waals surface area contributed by atoms with Crippen LogP contribution in [0.15, 0.2) is 24.3 Å². The van der Waals surface area contributed by atoms with Crippen molar-refractivity contribution >= 4 is 28.5 Å². The van der Waals surface area contributed by atoms with Crippen molar-refractivity contribution in [3.05, 3.63) is 40.1 Å². The minimum Gasteiger partial charge on any atom is -0.481 e. The second-order valence-electron chi connectivity index (χ2n) is 6.51. The van der Waals surface area contributed by atoms with Crippen molar-refractivity contribution in [1.82, 2.24) is 10.3 Å². The molecule has 1 aromatic heterocycles. The summed E-state index contributed by atoms with van der Waals surface area (Å²) < 4.78 is 0. The van der Waals surface area contributed by atoms with Crippen molar-refractivity contribution in [1.29, 1.82) is 0 Å². The molecule has 2 aromatic rings. The van der Waals surface area contributed by atoms with E-state index in [0.717, 1.165) is 19.3 Å².